The van der Waals surface area contributed by atoms with E-state index in [-0.39, 0.29) is 0 Å². The van der Waals surface area contributed by atoms with Gasteiger partial charge in [0.1, 0.15) is 6.33 Å². The average molecular weight is 192 g/mol. The van der Waals surface area contributed by atoms with Crippen molar-refractivity contribution in [1.82, 2.24) is 19.5 Å². The smallest absolute Gasteiger partial charge is 0.245 e. The number of hydrogen-bond acceptors (Lipinski definition) is 4. The molecular weight excluding hydrogens is 180 g/mol. The van der Waals surface area contributed by atoms with Gasteiger partial charge in [0.15, 0.2) is 11.2 Å². The fourth-order valence-electron chi connectivity index (χ4n) is 1.33. The highest BCUT2D eigenvalue weighted by atomic mass is 16.5. The fraction of sp³-hybridized carbons (Fsp3) is 0.444. The number of nitrogens with zero attached hydrogens (tertiary/aromatic N) is 4. The number of rotatable bonds is 3. The summed E-state index contributed by atoms with van der Waals surface area (Å²) >= 11 is 0. The van der Waals surface area contributed by atoms with Gasteiger partial charge in [0.2, 0.25) is 5.88 Å². The molecule has 0 aromatic carbocycles. The van der Waals surface area contributed by atoms with Gasteiger partial charge < -0.3 is 9.30 Å². The molecule has 2 aromatic heterocycles. The summed E-state index contributed by atoms with van der Waals surface area (Å²) < 4.78 is 7.31. The molecule has 0 fully saturated rings. The molecule has 0 saturated carbocycles. The van der Waals surface area contributed by atoms with E-state index in [9.17, 15) is 0 Å². The lowest BCUT2D eigenvalue weighted by molar-refractivity contribution is 0.330. The molecule has 0 aliphatic heterocycles. The maximum atomic E-state index is 5.35. The van der Waals surface area contributed by atoms with Crippen LogP contribution in [0, 0.1) is 0 Å². The summed E-state index contributed by atoms with van der Waals surface area (Å²) in [6.07, 6.45) is 3.25. The maximum absolute atomic E-state index is 5.35. The molecule has 0 amide bonds. The lowest BCUT2D eigenvalue weighted by Crippen LogP contribution is -1.98. The monoisotopic (exact) mass is 192 g/mol. The Bertz CT molecular complexity index is 437. The van der Waals surface area contributed by atoms with E-state index in [0.717, 1.165) is 17.7 Å². The molecule has 0 aliphatic rings. The summed E-state index contributed by atoms with van der Waals surface area (Å²) in [4.78, 5) is 12.4. The fourth-order valence-corrected chi connectivity index (χ4v) is 1.33. The van der Waals surface area contributed by atoms with Crippen molar-refractivity contribution in [3.05, 3.63) is 12.7 Å². The van der Waals surface area contributed by atoms with E-state index in [4.69, 9.17) is 4.74 Å². The maximum Gasteiger partial charge on any atom is 0.245 e. The van der Waals surface area contributed by atoms with Gasteiger partial charge in [-0.1, -0.05) is 0 Å². The Labute approximate surface area is 81.8 Å². The van der Waals surface area contributed by atoms with E-state index in [1.165, 1.54) is 6.33 Å². The van der Waals surface area contributed by atoms with Gasteiger partial charge >= 0.3 is 0 Å². The van der Waals surface area contributed by atoms with Crippen LogP contribution in [0.5, 0.6) is 5.88 Å². The number of aromatic nitrogens is 4. The quantitative estimate of drug-likeness (QED) is 0.734. The summed E-state index contributed by atoms with van der Waals surface area (Å²) in [5.41, 5.74) is 1.56. The zero-order valence-electron chi connectivity index (χ0n) is 8.27. The van der Waals surface area contributed by atoms with Gasteiger partial charge in [-0.2, -0.15) is 4.98 Å². The van der Waals surface area contributed by atoms with Crippen molar-refractivity contribution in [2.24, 2.45) is 0 Å². The Morgan fingerprint density at radius 3 is 2.86 bits per heavy atom. The van der Waals surface area contributed by atoms with Crippen molar-refractivity contribution >= 4 is 11.2 Å². The molecule has 0 aliphatic carbocycles. The first-order valence-corrected chi connectivity index (χ1v) is 4.65. The van der Waals surface area contributed by atoms with Crippen molar-refractivity contribution in [1.29, 1.82) is 0 Å². The number of ether oxygens (including phenoxy) is 1. The number of aryl methyl sites for hydroxylation is 1. The molecule has 0 radical (unpaired) electrons. The summed E-state index contributed by atoms with van der Waals surface area (Å²) in [6.45, 7) is 5.40. The predicted octanol–water partition coefficient (Wildman–Crippen LogP) is 1.24. The molecule has 2 rings (SSSR count). The Morgan fingerprint density at radius 2 is 2.14 bits per heavy atom. The van der Waals surface area contributed by atoms with Crippen LogP contribution in [0.2, 0.25) is 0 Å². The third kappa shape index (κ3) is 1.30. The molecule has 0 atom stereocenters. The zero-order chi connectivity index (χ0) is 9.97. The first-order chi connectivity index (χ1) is 6.86. The average Bonchev–Trinajstić information content (AvgIpc) is 2.62. The van der Waals surface area contributed by atoms with E-state index < -0.39 is 0 Å². The molecule has 74 valence electrons. The summed E-state index contributed by atoms with van der Waals surface area (Å²) in [5.74, 6) is 0.560. The highest BCUT2D eigenvalue weighted by molar-refractivity contribution is 5.75. The lowest BCUT2D eigenvalue weighted by atomic mass is 10.5. The highest BCUT2D eigenvalue weighted by Gasteiger charge is 2.09. The van der Waals surface area contributed by atoms with Crippen molar-refractivity contribution in [3.63, 3.8) is 0 Å². The van der Waals surface area contributed by atoms with Crippen LogP contribution in [0.3, 0.4) is 0 Å². The molecule has 0 spiro atoms. The van der Waals surface area contributed by atoms with E-state index in [1.807, 2.05) is 18.4 Å². The molecule has 0 saturated heterocycles. The predicted molar refractivity (Wildman–Crippen MR) is 52.2 cm³/mol. The minimum Gasteiger partial charge on any atom is -0.476 e. The van der Waals surface area contributed by atoms with Crippen LogP contribution >= 0.6 is 0 Å². The van der Waals surface area contributed by atoms with E-state index in [1.54, 1.807) is 6.33 Å². The Hall–Kier alpha value is -1.65. The molecule has 2 aromatic rings. The third-order valence-electron chi connectivity index (χ3n) is 1.99. The van der Waals surface area contributed by atoms with Gasteiger partial charge in [-0.05, 0) is 13.8 Å². The van der Waals surface area contributed by atoms with Crippen molar-refractivity contribution < 1.29 is 4.74 Å². The lowest BCUT2D eigenvalue weighted by Gasteiger charge is -2.01. The highest BCUT2D eigenvalue weighted by Crippen LogP contribution is 2.18. The van der Waals surface area contributed by atoms with Gasteiger partial charge in [0.05, 0.1) is 12.9 Å². The van der Waals surface area contributed by atoms with E-state index in [2.05, 4.69) is 15.0 Å². The van der Waals surface area contributed by atoms with Gasteiger partial charge in [-0.25, -0.2) is 9.97 Å². The van der Waals surface area contributed by atoms with Crippen molar-refractivity contribution in [3.8, 4) is 5.88 Å². The second-order valence-corrected chi connectivity index (χ2v) is 2.81. The third-order valence-corrected chi connectivity index (χ3v) is 1.99. The Morgan fingerprint density at radius 1 is 1.29 bits per heavy atom. The summed E-state index contributed by atoms with van der Waals surface area (Å²) in [7, 11) is 0. The number of imidazole rings is 1. The van der Waals surface area contributed by atoms with Crippen LogP contribution in [-0.4, -0.2) is 26.1 Å². The summed E-state index contributed by atoms with van der Waals surface area (Å²) in [6, 6.07) is 0. The van der Waals surface area contributed by atoms with Gasteiger partial charge in [0.25, 0.3) is 0 Å². The van der Waals surface area contributed by atoms with Crippen LogP contribution in [-0.2, 0) is 6.54 Å². The van der Waals surface area contributed by atoms with Gasteiger partial charge in [-0.3, -0.25) is 0 Å². The standard InChI is InChI=1S/C9H12N4O/c1-3-13-6-12-7-8(13)10-5-11-9(7)14-4-2/h5-6H,3-4H2,1-2H3. The number of fused-ring (bicyclic) bond motifs is 1. The molecule has 2 heterocycles. The SMILES string of the molecule is CCOc1ncnc2c1ncn2CC. The van der Waals surface area contributed by atoms with Crippen LogP contribution in [0.15, 0.2) is 12.7 Å². The second-order valence-electron chi connectivity index (χ2n) is 2.81. The molecule has 0 bridgehead atoms. The van der Waals surface area contributed by atoms with E-state index in [0.29, 0.717) is 12.5 Å². The first kappa shape index (κ1) is 8.93. The van der Waals surface area contributed by atoms with E-state index >= 15 is 0 Å². The summed E-state index contributed by atoms with van der Waals surface area (Å²) in [5, 5.41) is 0. The Balaban J connectivity index is 2.58. The zero-order valence-corrected chi connectivity index (χ0v) is 8.27. The molecule has 0 N–H and O–H groups in total. The van der Waals surface area contributed by atoms with Crippen molar-refractivity contribution in [2.75, 3.05) is 6.61 Å². The van der Waals surface area contributed by atoms with Gasteiger partial charge in [0, 0.05) is 6.54 Å². The molecule has 14 heavy (non-hydrogen) atoms. The first-order valence-electron chi connectivity index (χ1n) is 4.65. The molecule has 5 heteroatoms. The normalized spacial score (nSPS) is 10.7. The topological polar surface area (TPSA) is 52.8 Å². The van der Waals surface area contributed by atoms with Crippen LogP contribution in [0.4, 0.5) is 0 Å². The van der Waals surface area contributed by atoms with Crippen LogP contribution < -0.4 is 4.74 Å². The molecule has 0 unspecified atom stereocenters. The van der Waals surface area contributed by atoms with Crippen LogP contribution in [0.1, 0.15) is 13.8 Å². The van der Waals surface area contributed by atoms with Crippen molar-refractivity contribution in [2.45, 2.75) is 20.4 Å². The number of hydrogen-bond donors (Lipinski definition) is 0. The molecular formula is C9H12N4O. The van der Waals surface area contributed by atoms with Gasteiger partial charge in [-0.15, -0.1) is 0 Å². The largest absolute Gasteiger partial charge is 0.476 e. The van der Waals surface area contributed by atoms with Crippen LogP contribution in [0.25, 0.3) is 11.2 Å². The minimum atomic E-state index is 0.560. The minimum absolute atomic E-state index is 0.560. The Kier molecular flexibility index (Phi) is 2.30. The molecule has 5 nitrogen and oxygen atoms in total. The second kappa shape index (κ2) is 3.61.